The van der Waals surface area contributed by atoms with Gasteiger partial charge in [-0.2, -0.15) is 0 Å². The Morgan fingerprint density at radius 1 is 1.24 bits per heavy atom. The minimum atomic E-state index is 0.849. The normalized spacial score (nSPS) is 14.1. The second-order valence-electron chi connectivity index (χ2n) is 3.92. The fourth-order valence-electron chi connectivity index (χ4n) is 1.54. The summed E-state index contributed by atoms with van der Waals surface area (Å²) in [5.41, 5.74) is 1.22. The number of hydrogen-bond acceptors (Lipinski definition) is 3. The van der Waals surface area contributed by atoms with E-state index in [1.54, 1.807) is 0 Å². The highest BCUT2D eigenvalue weighted by Crippen LogP contribution is 2.13. The molecular formula is C17H40ClNO2. The first-order chi connectivity index (χ1) is 10.2. The van der Waals surface area contributed by atoms with Crippen molar-refractivity contribution >= 4 is 18.4 Å². The Bertz CT molecular complexity index is 139. The van der Waals surface area contributed by atoms with Gasteiger partial charge in [-0.3, -0.25) is 0 Å². The van der Waals surface area contributed by atoms with Crippen LogP contribution in [0.3, 0.4) is 0 Å². The van der Waals surface area contributed by atoms with Crippen molar-refractivity contribution < 1.29 is 9.90 Å². The van der Waals surface area contributed by atoms with Crippen LogP contribution in [0.5, 0.6) is 0 Å². The molecule has 0 radical (unpaired) electrons. The Morgan fingerprint density at radius 2 is 1.62 bits per heavy atom. The quantitative estimate of drug-likeness (QED) is 0.766. The average Bonchev–Trinajstić information content (AvgIpc) is 3.07. The molecule has 1 aliphatic heterocycles. The highest BCUT2D eigenvalue weighted by Gasteiger charge is 2.13. The van der Waals surface area contributed by atoms with Gasteiger partial charge in [0.05, 0.1) is 0 Å². The highest BCUT2D eigenvalue weighted by atomic mass is 35.5. The zero-order valence-corrected chi connectivity index (χ0v) is 16.2. The molecule has 1 fully saturated rings. The van der Waals surface area contributed by atoms with E-state index in [9.17, 15) is 0 Å². The molecule has 1 unspecified atom stereocenters. The van der Waals surface area contributed by atoms with Gasteiger partial charge in [0.25, 0.3) is 0 Å². The van der Waals surface area contributed by atoms with E-state index in [-0.39, 0.29) is 0 Å². The summed E-state index contributed by atoms with van der Waals surface area (Å²) in [7, 11) is 1.00. The van der Waals surface area contributed by atoms with Crippen molar-refractivity contribution in [2.45, 2.75) is 73.3 Å². The maximum absolute atomic E-state index is 8.00. The summed E-state index contributed by atoms with van der Waals surface area (Å²) in [5, 5.41) is 10.5. The number of rotatable bonds is 3. The van der Waals surface area contributed by atoms with Crippen LogP contribution in [0.1, 0.15) is 67.2 Å². The summed E-state index contributed by atoms with van der Waals surface area (Å²) in [4.78, 5) is 8.00. The summed E-state index contributed by atoms with van der Waals surface area (Å²) in [6.07, 6.45) is 5.57. The third-order valence-electron chi connectivity index (χ3n) is 2.25. The number of hydrogen-bond donors (Lipinski definition) is 2. The lowest BCUT2D eigenvalue weighted by Gasteiger charge is -2.10. The maximum atomic E-state index is 8.00. The van der Waals surface area contributed by atoms with Crippen molar-refractivity contribution in [1.29, 1.82) is 0 Å². The molecule has 0 spiro atoms. The first-order valence-corrected chi connectivity index (χ1v) is 8.32. The molecular weight excluding hydrogens is 286 g/mol. The summed E-state index contributed by atoms with van der Waals surface area (Å²) in [6, 6.07) is 0.849. The molecule has 132 valence electrons. The standard InChI is InChI=1S/C9H19N.C2H3Cl.2C2H6.CH4O.CH2O/c1-8(2)5-6-9-4-3-7-10-9;1-2-3;4*1-2/h8-10H,3-7H2,1-2H3;2H,1H2;2*1-2H3;2H,1H3;1H2. The van der Waals surface area contributed by atoms with Gasteiger partial charge in [0.15, 0.2) is 0 Å². The van der Waals surface area contributed by atoms with E-state index in [4.69, 9.17) is 21.5 Å². The number of aliphatic hydroxyl groups is 1. The Labute approximate surface area is 139 Å². The molecule has 0 aromatic carbocycles. The molecule has 1 aliphatic rings. The molecule has 3 nitrogen and oxygen atoms in total. The third kappa shape index (κ3) is 45.1. The van der Waals surface area contributed by atoms with Crippen LogP contribution in [0.4, 0.5) is 0 Å². The minimum Gasteiger partial charge on any atom is -0.400 e. The lowest BCUT2D eigenvalue weighted by Crippen LogP contribution is -2.21. The molecule has 0 amide bonds. The van der Waals surface area contributed by atoms with Crippen molar-refractivity contribution in [1.82, 2.24) is 5.32 Å². The van der Waals surface area contributed by atoms with Gasteiger partial charge in [-0.15, -0.1) is 0 Å². The largest absolute Gasteiger partial charge is 0.400 e. The van der Waals surface area contributed by atoms with Crippen LogP contribution in [0, 0.1) is 5.92 Å². The van der Waals surface area contributed by atoms with Crippen molar-refractivity contribution in [2.75, 3.05) is 13.7 Å². The molecule has 21 heavy (non-hydrogen) atoms. The molecule has 4 heteroatoms. The van der Waals surface area contributed by atoms with Crippen LogP contribution in [0.2, 0.25) is 0 Å². The van der Waals surface area contributed by atoms with Crippen molar-refractivity contribution in [3.05, 3.63) is 12.1 Å². The van der Waals surface area contributed by atoms with E-state index in [2.05, 4.69) is 25.7 Å². The van der Waals surface area contributed by atoms with Crippen LogP contribution in [-0.4, -0.2) is 31.6 Å². The van der Waals surface area contributed by atoms with Crippen molar-refractivity contribution in [2.24, 2.45) is 5.92 Å². The van der Waals surface area contributed by atoms with E-state index in [0.717, 1.165) is 19.1 Å². The van der Waals surface area contributed by atoms with E-state index in [1.165, 1.54) is 37.8 Å². The monoisotopic (exact) mass is 325 g/mol. The van der Waals surface area contributed by atoms with Crippen LogP contribution >= 0.6 is 11.6 Å². The Hall–Kier alpha value is -0.380. The highest BCUT2D eigenvalue weighted by molar-refractivity contribution is 6.25. The molecule has 1 saturated heterocycles. The zero-order valence-electron chi connectivity index (χ0n) is 15.4. The van der Waals surface area contributed by atoms with Gasteiger partial charge >= 0.3 is 0 Å². The SMILES string of the molecule is C=CCl.C=O.CC.CC.CC(C)CCC1CCCN1.CO. The predicted molar refractivity (Wildman–Crippen MR) is 99.1 cm³/mol. The number of halogens is 1. The Morgan fingerprint density at radius 3 is 1.86 bits per heavy atom. The van der Waals surface area contributed by atoms with Gasteiger partial charge in [-0.05, 0) is 43.7 Å². The molecule has 2 N–H and O–H groups in total. The van der Waals surface area contributed by atoms with Gasteiger partial charge in [0.2, 0.25) is 0 Å². The second kappa shape index (κ2) is 42.7. The first kappa shape index (κ1) is 32.5. The molecule has 1 rings (SSSR count). The smallest absolute Gasteiger partial charge is 0.106 e. The minimum absolute atomic E-state index is 0.849. The number of carbonyl (C=O) groups is 1. The molecule has 0 bridgehead atoms. The van der Waals surface area contributed by atoms with Gasteiger partial charge < -0.3 is 15.2 Å². The lowest BCUT2D eigenvalue weighted by atomic mass is 10.0. The first-order valence-electron chi connectivity index (χ1n) is 7.88. The van der Waals surface area contributed by atoms with E-state index in [0.29, 0.717) is 0 Å². The van der Waals surface area contributed by atoms with E-state index < -0.39 is 0 Å². The Balaban J connectivity index is -0.0000000656. The summed E-state index contributed by atoms with van der Waals surface area (Å²) in [6.45, 7) is 19.0. The fourth-order valence-corrected chi connectivity index (χ4v) is 1.54. The van der Waals surface area contributed by atoms with Gasteiger partial charge in [0.1, 0.15) is 6.79 Å². The zero-order chi connectivity index (χ0) is 18.1. The summed E-state index contributed by atoms with van der Waals surface area (Å²) < 4.78 is 0. The van der Waals surface area contributed by atoms with Crippen molar-refractivity contribution in [3.63, 3.8) is 0 Å². The molecule has 0 aliphatic carbocycles. The maximum Gasteiger partial charge on any atom is 0.106 e. The summed E-state index contributed by atoms with van der Waals surface area (Å²) in [5.74, 6) is 0.877. The van der Waals surface area contributed by atoms with Crippen LogP contribution in [-0.2, 0) is 4.79 Å². The van der Waals surface area contributed by atoms with Gasteiger partial charge in [-0.25, -0.2) is 0 Å². The van der Waals surface area contributed by atoms with Crippen LogP contribution < -0.4 is 5.32 Å². The number of carbonyl (C=O) groups excluding carboxylic acids is 1. The molecule has 0 saturated carbocycles. The van der Waals surface area contributed by atoms with Crippen LogP contribution in [0.15, 0.2) is 12.1 Å². The van der Waals surface area contributed by atoms with Crippen molar-refractivity contribution in [3.8, 4) is 0 Å². The number of aliphatic hydroxyl groups excluding tert-OH is 1. The topological polar surface area (TPSA) is 49.3 Å². The lowest BCUT2D eigenvalue weighted by molar-refractivity contribution is -0.0979. The van der Waals surface area contributed by atoms with Gasteiger partial charge in [0, 0.05) is 13.2 Å². The number of nitrogens with one attached hydrogen (secondary N) is 1. The summed E-state index contributed by atoms with van der Waals surface area (Å²) >= 11 is 4.76. The average molecular weight is 326 g/mol. The third-order valence-corrected chi connectivity index (χ3v) is 2.25. The van der Waals surface area contributed by atoms with Gasteiger partial charge in [-0.1, -0.05) is 59.7 Å². The fraction of sp³-hybridized carbons (Fsp3) is 0.824. The Kier molecular flexibility index (Phi) is 66.2. The second-order valence-corrected chi connectivity index (χ2v) is 4.23. The molecule has 1 heterocycles. The molecule has 0 aromatic rings. The molecule has 0 aromatic heterocycles. The van der Waals surface area contributed by atoms with Crippen LogP contribution in [0.25, 0.3) is 0 Å². The van der Waals surface area contributed by atoms with E-state index in [1.807, 2.05) is 34.5 Å². The molecule has 1 atom stereocenters. The van der Waals surface area contributed by atoms with E-state index >= 15 is 0 Å². The predicted octanol–water partition coefficient (Wildman–Crippen LogP) is 5.02.